The quantitative estimate of drug-likeness (QED) is 0.770. The van der Waals surface area contributed by atoms with Crippen molar-refractivity contribution in [2.24, 2.45) is 5.41 Å². The van der Waals surface area contributed by atoms with Gasteiger partial charge in [0.05, 0.1) is 16.8 Å². The summed E-state index contributed by atoms with van der Waals surface area (Å²) < 4.78 is 5.42. The lowest BCUT2D eigenvalue weighted by Crippen LogP contribution is -2.36. The van der Waals surface area contributed by atoms with Crippen LogP contribution in [0.1, 0.15) is 17.5 Å². The summed E-state index contributed by atoms with van der Waals surface area (Å²) in [7, 11) is 0. The van der Waals surface area contributed by atoms with Crippen molar-refractivity contribution >= 4 is 29.2 Å². The molecule has 138 valence electrons. The third-order valence-corrected chi connectivity index (χ3v) is 5.04. The molecule has 1 aliphatic carbocycles. The number of hydrogen-bond acceptors (Lipinski definition) is 4. The number of hydrogen-bond donors (Lipinski definition) is 3. The molecule has 27 heavy (non-hydrogen) atoms. The molecular weight excluding hydrogens is 348 g/mol. The van der Waals surface area contributed by atoms with Gasteiger partial charge in [0.25, 0.3) is 5.91 Å². The molecule has 0 atom stereocenters. The van der Waals surface area contributed by atoms with E-state index in [1.807, 2.05) is 24.3 Å². The molecule has 0 unspecified atom stereocenters. The Kier molecular flexibility index (Phi) is 4.07. The van der Waals surface area contributed by atoms with Crippen molar-refractivity contribution in [3.8, 4) is 5.75 Å². The van der Waals surface area contributed by atoms with E-state index in [1.54, 1.807) is 18.2 Å². The standard InChI is InChI=1S/C20H18N2O5/c23-16(21-14-6-3-7-15-18(14)27-11-17(24)22-15)10-20(19(25)26)8-12-4-1-2-5-13(12)9-20/h1-7H,8-11H2,(H,21,23)(H,22,24)(H,25,26). The summed E-state index contributed by atoms with van der Waals surface area (Å²) in [6, 6.07) is 12.6. The highest BCUT2D eigenvalue weighted by atomic mass is 16.5. The molecule has 2 aromatic rings. The second-order valence-electron chi connectivity index (χ2n) is 6.95. The number of para-hydroxylation sites is 1. The molecule has 0 radical (unpaired) electrons. The van der Waals surface area contributed by atoms with E-state index < -0.39 is 17.3 Å². The van der Waals surface area contributed by atoms with Crippen molar-refractivity contribution in [1.29, 1.82) is 0 Å². The molecular formula is C20H18N2O5. The van der Waals surface area contributed by atoms with Gasteiger partial charge >= 0.3 is 5.97 Å². The zero-order valence-electron chi connectivity index (χ0n) is 14.5. The average Bonchev–Trinajstić information content (AvgIpc) is 3.01. The molecule has 7 heteroatoms. The molecule has 0 aromatic heterocycles. The van der Waals surface area contributed by atoms with Gasteiger partial charge in [0.1, 0.15) is 0 Å². The molecule has 0 saturated heterocycles. The van der Waals surface area contributed by atoms with Gasteiger partial charge in [-0.2, -0.15) is 0 Å². The van der Waals surface area contributed by atoms with Crippen molar-refractivity contribution < 1.29 is 24.2 Å². The zero-order valence-corrected chi connectivity index (χ0v) is 14.5. The van der Waals surface area contributed by atoms with Crippen molar-refractivity contribution in [3.63, 3.8) is 0 Å². The monoisotopic (exact) mass is 366 g/mol. The third kappa shape index (κ3) is 3.12. The molecule has 2 aromatic carbocycles. The van der Waals surface area contributed by atoms with Crippen LogP contribution in [0.2, 0.25) is 0 Å². The predicted octanol–water partition coefficient (Wildman–Crippen LogP) is 2.22. The van der Waals surface area contributed by atoms with Gasteiger partial charge in [-0.1, -0.05) is 30.3 Å². The van der Waals surface area contributed by atoms with E-state index >= 15 is 0 Å². The van der Waals surface area contributed by atoms with Gasteiger partial charge in [-0.05, 0) is 36.1 Å². The van der Waals surface area contributed by atoms with Gasteiger partial charge in [0, 0.05) is 6.42 Å². The Balaban J connectivity index is 1.54. The van der Waals surface area contributed by atoms with Crippen molar-refractivity contribution in [1.82, 2.24) is 0 Å². The summed E-state index contributed by atoms with van der Waals surface area (Å²) in [5.41, 5.74) is 1.67. The fourth-order valence-electron chi connectivity index (χ4n) is 3.76. The fourth-order valence-corrected chi connectivity index (χ4v) is 3.76. The second-order valence-corrected chi connectivity index (χ2v) is 6.95. The average molecular weight is 366 g/mol. The van der Waals surface area contributed by atoms with Gasteiger partial charge in [0.2, 0.25) is 5.91 Å². The van der Waals surface area contributed by atoms with Crippen molar-refractivity contribution in [2.75, 3.05) is 17.2 Å². The number of aliphatic carboxylic acids is 1. The predicted molar refractivity (Wildman–Crippen MR) is 97.7 cm³/mol. The first kappa shape index (κ1) is 17.1. The van der Waals surface area contributed by atoms with Crippen LogP contribution in [0.25, 0.3) is 0 Å². The summed E-state index contributed by atoms with van der Waals surface area (Å²) >= 11 is 0. The number of rotatable bonds is 4. The topological polar surface area (TPSA) is 105 Å². The van der Waals surface area contributed by atoms with Gasteiger partial charge < -0.3 is 20.5 Å². The van der Waals surface area contributed by atoms with Crippen LogP contribution in [0, 0.1) is 5.41 Å². The normalized spacial score (nSPS) is 16.5. The number of anilines is 2. The Morgan fingerprint density at radius 1 is 1.11 bits per heavy atom. The maximum atomic E-state index is 12.7. The Hall–Kier alpha value is -3.35. The lowest BCUT2D eigenvalue weighted by atomic mass is 9.81. The molecule has 4 rings (SSSR count). The smallest absolute Gasteiger partial charge is 0.310 e. The van der Waals surface area contributed by atoms with Gasteiger partial charge in [-0.15, -0.1) is 0 Å². The van der Waals surface area contributed by atoms with E-state index in [0.29, 0.717) is 30.0 Å². The first-order valence-electron chi connectivity index (χ1n) is 8.63. The maximum absolute atomic E-state index is 12.7. The largest absolute Gasteiger partial charge is 0.481 e. The van der Waals surface area contributed by atoms with E-state index in [2.05, 4.69) is 10.6 Å². The Bertz CT molecular complexity index is 928. The summed E-state index contributed by atoms with van der Waals surface area (Å²) in [5, 5.41) is 15.2. The van der Waals surface area contributed by atoms with E-state index in [4.69, 9.17) is 4.74 Å². The van der Waals surface area contributed by atoms with Crippen LogP contribution in [-0.2, 0) is 27.2 Å². The number of benzene rings is 2. The summed E-state index contributed by atoms with van der Waals surface area (Å²) in [6.07, 6.45) is 0.504. The Labute approximate surface area is 155 Å². The molecule has 0 saturated carbocycles. The molecule has 2 amide bonds. The third-order valence-electron chi connectivity index (χ3n) is 5.04. The van der Waals surface area contributed by atoms with Crippen LogP contribution in [0.4, 0.5) is 11.4 Å². The van der Waals surface area contributed by atoms with Crippen LogP contribution in [0.3, 0.4) is 0 Å². The maximum Gasteiger partial charge on any atom is 0.310 e. The molecule has 1 heterocycles. The first-order valence-corrected chi connectivity index (χ1v) is 8.63. The second kappa shape index (κ2) is 6.42. The Morgan fingerprint density at radius 3 is 2.48 bits per heavy atom. The van der Waals surface area contributed by atoms with Crippen molar-refractivity contribution in [2.45, 2.75) is 19.3 Å². The number of amides is 2. The Morgan fingerprint density at radius 2 is 1.81 bits per heavy atom. The molecule has 0 bridgehead atoms. The number of carbonyl (C=O) groups is 3. The fraction of sp³-hybridized carbons (Fsp3) is 0.250. The van der Waals surface area contributed by atoms with Crippen LogP contribution in [0.5, 0.6) is 5.75 Å². The number of nitrogens with one attached hydrogen (secondary N) is 2. The summed E-state index contributed by atoms with van der Waals surface area (Å²) in [4.78, 5) is 36.1. The number of carboxylic acid groups (broad SMARTS) is 1. The van der Waals surface area contributed by atoms with Crippen molar-refractivity contribution in [3.05, 3.63) is 53.6 Å². The molecule has 0 fully saturated rings. The summed E-state index contributed by atoms with van der Waals surface area (Å²) in [6.45, 7) is -0.131. The lowest BCUT2D eigenvalue weighted by molar-refractivity contribution is -0.150. The first-order chi connectivity index (χ1) is 13.0. The molecule has 7 nitrogen and oxygen atoms in total. The minimum Gasteiger partial charge on any atom is -0.481 e. The van der Waals surface area contributed by atoms with E-state index in [1.165, 1.54) is 0 Å². The lowest BCUT2D eigenvalue weighted by Gasteiger charge is -2.24. The van der Waals surface area contributed by atoms with Crippen LogP contribution in [-0.4, -0.2) is 29.5 Å². The highest BCUT2D eigenvalue weighted by Crippen LogP contribution is 2.41. The minimum atomic E-state index is -1.16. The molecule has 3 N–H and O–H groups in total. The molecule has 2 aliphatic rings. The van der Waals surface area contributed by atoms with Crippen LogP contribution in [0.15, 0.2) is 42.5 Å². The van der Waals surface area contributed by atoms with Crippen LogP contribution < -0.4 is 15.4 Å². The van der Waals surface area contributed by atoms with Gasteiger partial charge in [0.15, 0.2) is 12.4 Å². The zero-order chi connectivity index (χ0) is 19.0. The number of carbonyl (C=O) groups excluding carboxylic acids is 2. The van der Waals surface area contributed by atoms with Gasteiger partial charge in [-0.25, -0.2) is 0 Å². The highest BCUT2D eigenvalue weighted by Gasteiger charge is 2.45. The molecule has 0 spiro atoms. The van der Waals surface area contributed by atoms with E-state index in [9.17, 15) is 19.5 Å². The molecule has 1 aliphatic heterocycles. The number of carboxylic acids is 1. The number of fused-ring (bicyclic) bond motifs is 2. The SMILES string of the molecule is O=C1COc2c(cccc2NC(=O)CC2(C(=O)O)Cc3ccccc3C2)N1. The summed E-state index contributed by atoms with van der Waals surface area (Å²) in [5.74, 6) is -1.27. The van der Waals surface area contributed by atoms with E-state index in [-0.39, 0.29) is 18.9 Å². The van der Waals surface area contributed by atoms with Gasteiger partial charge in [-0.3, -0.25) is 14.4 Å². The minimum absolute atomic E-state index is 0.131. The number of ether oxygens (including phenoxy) is 1. The van der Waals surface area contributed by atoms with Crippen LogP contribution >= 0.6 is 0 Å². The van der Waals surface area contributed by atoms with E-state index in [0.717, 1.165) is 11.1 Å². The highest BCUT2D eigenvalue weighted by molar-refractivity contribution is 6.01.